The molecule has 0 radical (unpaired) electrons. The maximum Gasteiger partial charge on any atom is 0.214 e. The van der Waals surface area contributed by atoms with Gasteiger partial charge in [-0.3, -0.25) is 4.90 Å². The zero-order valence-corrected chi connectivity index (χ0v) is 15.8. The number of thiazole rings is 1. The first kappa shape index (κ1) is 17.2. The van der Waals surface area contributed by atoms with Crippen molar-refractivity contribution in [3.63, 3.8) is 0 Å². The van der Waals surface area contributed by atoms with Gasteiger partial charge in [0.1, 0.15) is 10.3 Å². The predicted molar refractivity (Wildman–Crippen MR) is 107 cm³/mol. The molecule has 1 saturated heterocycles. The molecule has 2 aromatic heterocycles. The van der Waals surface area contributed by atoms with E-state index in [2.05, 4.69) is 50.5 Å². The monoisotopic (exact) mass is 368 g/mol. The van der Waals surface area contributed by atoms with Gasteiger partial charge in [-0.25, -0.2) is 9.97 Å². The van der Waals surface area contributed by atoms with Gasteiger partial charge >= 0.3 is 0 Å². The van der Waals surface area contributed by atoms with Crippen LogP contribution < -0.4 is 10.1 Å². The van der Waals surface area contributed by atoms with Crippen molar-refractivity contribution >= 4 is 26.8 Å². The molecule has 0 bridgehead atoms. The van der Waals surface area contributed by atoms with E-state index in [-0.39, 0.29) is 0 Å². The van der Waals surface area contributed by atoms with Crippen LogP contribution in [0.15, 0.2) is 42.5 Å². The molecule has 0 atom stereocenters. The normalized spacial score (nSPS) is 16.0. The molecule has 0 amide bonds. The topological polar surface area (TPSA) is 50.3 Å². The summed E-state index contributed by atoms with van der Waals surface area (Å²) in [5.41, 5.74) is 2.31. The van der Waals surface area contributed by atoms with Crippen LogP contribution in [0, 0.1) is 5.92 Å². The van der Waals surface area contributed by atoms with Crippen LogP contribution >= 0.6 is 11.3 Å². The van der Waals surface area contributed by atoms with E-state index >= 15 is 0 Å². The number of benzene rings is 1. The van der Waals surface area contributed by atoms with Crippen LogP contribution in [0.25, 0.3) is 10.3 Å². The number of nitrogens with one attached hydrogen (secondary N) is 1. The molecular formula is C20H24N4OS. The van der Waals surface area contributed by atoms with E-state index in [0.717, 1.165) is 41.7 Å². The Hall–Kier alpha value is -2.18. The molecule has 0 aliphatic carbocycles. The van der Waals surface area contributed by atoms with Crippen LogP contribution in [0.2, 0.25) is 0 Å². The molecule has 0 saturated carbocycles. The molecule has 1 aliphatic heterocycles. The Kier molecular flexibility index (Phi) is 5.32. The lowest BCUT2D eigenvalue weighted by molar-refractivity contribution is 0.135. The number of hydrogen-bond acceptors (Lipinski definition) is 6. The Balaban J connectivity index is 1.27. The standard InChI is InChI=1S/C20H24N4OS/c1-21-20-22-17-7-8-18(23-19(17)26-20)25-14-16-9-11-24(12-10-16)13-15-5-3-2-4-6-15/h2-8,16H,9-14H2,1H3,(H,21,22). The lowest BCUT2D eigenvalue weighted by Gasteiger charge is -2.31. The summed E-state index contributed by atoms with van der Waals surface area (Å²) in [6.45, 7) is 4.06. The lowest BCUT2D eigenvalue weighted by Crippen LogP contribution is -2.35. The Morgan fingerprint density at radius 1 is 1.12 bits per heavy atom. The molecule has 136 valence electrons. The summed E-state index contributed by atoms with van der Waals surface area (Å²) in [6, 6.07) is 14.6. The van der Waals surface area contributed by atoms with E-state index < -0.39 is 0 Å². The molecule has 3 aromatic rings. The summed E-state index contributed by atoms with van der Waals surface area (Å²) in [5.74, 6) is 1.31. The second kappa shape index (κ2) is 8.01. The summed E-state index contributed by atoms with van der Waals surface area (Å²) >= 11 is 1.55. The average molecular weight is 369 g/mol. The van der Waals surface area contributed by atoms with Gasteiger partial charge in [-0.15, -0.1) is 0 Å². The van der Waals surface area contributed by atoms with Gasteiger partial charge in [-0.1, -0.05) is 41.7 Å². The number of rotatable bonds is 6. The molecule has 4 rings (SSSR count). The van der Waals surface area contributed by atoms with Crippen molar-refractivity contribution in [3.05, 3.63) is 48.0 Å². The minimum atomic E-state index is 0.605. The molecule has 1 fully saturated rings. The van der Waals surface area contributed by atoms with Crippen molar-refractivity contribution in [3.8, 4) is 5.88 Å². The van der Waals surface area contributed by atoms with E-state index in [1.165, 1.54) is 18.4 Å². The van der Waals surface area contributed by atoms with E-state index in [9.17, 15) is 0 Å². The van der Waals surface area contributed by atoms with Crippen LogP contribution in [0.1, 0.15) is 18.4 Å². The Morgan fingerprint density at radius 3 is 2.69 bits per heavy atom. The van der Waals surface area contributed by atoms with Crippen molar-refractivity contribution in [1.82, 2.24) is 14.9 Å². The Labute approximate surface area is 158 Å². The predicted octanol–water partition coefficient (Wildman–Crippen LogP) is 4.02. The average Bonchev–Trinajstić information content (AvgIpc) is 3.11. The Bertz CT molecular complexity index is 843. The smallest absolute Gasteiger partial charge is 0.214 e. The molecule has 0 spiro atoms. The fourth-order valence-corrected chi connectivity index (χ4v) is 4.13. The second-order valence-corrected chi connectivity index (χ2v) is 7.74. The highest BCUT2D eigenvalue weighted by atomic mass is 32.1. The molecular weight excluding hydrogens is 344 g/mol. The maximum atomic E-state index is 5.98. The zero-order valence-electron chi connectivity index (χ0n) is 15.0. The quantitative estimate of drug-likeness (QED) is 0.712. The lowest BCUT2D eigenvalue weighted by atomic mass is 9.97. The van der Waals surface area contributed by atoms with Crippen molar-refractivity contribution in [2.24, 2.45) is 5.92 Å². The number of likely N-dealkylation sites (tertiary alicyclic amines) is 1. The van der Waals surface area contributed by atoms with Crippen molar-refractivity contribution in [2.75, 3.05) is 32.1 Å². The molecule has 3 heterocycles. The fourth-order valence-electron chi connectivity index (χ4n) is 3.34. The zero-order chi connectivity index (χ0) is 17.8. The molecule has 1 N–H and O–H groups in total. The van der Waals surface area contributed by atoms with Crippen molar-refractivity contribution in [2.45, 2.75) is 19.4 Å². The number of pyridine rings is 1. The highest BCUT2D eigenvalue weighted by molar-refractivity contribution is 7.21. The number of anilines is 1. The van der Waals surface area contributed by atoms with E-state index in [1.54, 1.807) is 11.3 Å². The number of piperidine rings is 1. The summed E-state index contributed by atoms with van der Waals surface area (Å²) in [6.07, 6.45) is 2.36. The Morgan fingerprint density at radius 2 is 1.92 bits per heavy atom. The minimum Gasteiger partial charge on any atom is -0.477 e. The van der Waals surface area contributed by atoms with Crippen LogP contribution in [0.5, 0.6) is 5.88 Å². The molecule has 0 unspecified atom stereocenters. The van der Waals surface area contributed by atoms with Gasteiger partial charge in [0.2, 0.25) is 5.88 Å². The van der Waals surface area contributed by atoms with Crippen LogP contribution in [-0.2, 0) is 6.54 Å². The fraction of sp³-hybridized carbons (Fsp3) is 0.400. The van der Waals surface area contributed by atoms with Gasteiger partial charge in [0.25, 0.3) is 0 Å². The summed E-state index contributed by atoms with van der Waals surface area (Å²) in [4.78, 5) is 12.5. The molecule has 5 nitrogen and oxygen atoms in total. The first-order chi connectivity index (χ1) is 12.8. The number of aromatic nitrogens is 2. The number of fused-ring (bicyclic) bond motifs is 1. The van der Waals surface area contributed by atoms with Gasteiger partial charge in [0.05, 0.1) is 6.61 Å². The number of hydrogen-bond donors (Lipinski definition) is 1. The van der Waals surface area contributed by atoms with Gasteiger partial charge in [0, 0.05) is 19.7 Å². The van der Waals surface area contributed by atoms with Crippen molar-refractivity contribution < 1.29 is 4.74 Å². The first-order valence-corrected chi connectivity index (χ1v) is 9.96. The highest BCUT2D eigenvalue weighted by Gasteiger charge is 2.20. The van der Waals surface area contributed by atoms with E-state index in [1.807, 2.05) is 19.2 Å². The third-order valence-corrected chi connectivity index (χ3v) is 5.85. The summed E-state index contributed by atoms with van der Waals surface area (Å²) < 4.78 is 5.98. The third kappa shape index (κ3) is 4.14. The second-order valence-electron chi connectivity index (χ2n) is 6.76. The van der Waals surface area contributed by atoms with Gasteiger partial charge in [-0.05, 0) is 43.5 Å². The molecule has 1 aromatic carbocycles. The van der Waals surface area contributed by atoms with Crippen LogP contribution in [0.4, 0.5) is 5.13 Å². The van der Waals surface area contributed by atoms with Gasteiger partial charge in [0.15, 0.2) is 5.13 Å². The summed E-state index contributed by atoms with van der Waals surface area (Å²) in [5, 5.41) is 3.95. The van der Waals surface area contributed by atoms with Crippen LogP contribution in [0.3, 0.4) is 0 Å². The largest absolute Gasteiger partial charge is 0.477 e. The third-order valence-electron chi connectivity index (χ3n) is 4.87. The maximum absolute atomic E-state index is 5.98. The van der Waals surface area contributed by atoms with E-state index in [0.29, 0.717) is 11.8 Å². The number of ether oxygens (including phenoxy) is 1. The van der Waals surface area contributed by atoms with E-state index in [4.69, 9.17) is 4.74 Å². The molecule has 26 heavy (non-hydrogen) atoms. The minimum absolute atomic E-state index is 0.605. The molecule has 1 aliphatic rings. The number of nitrogens with zero attached hydrogens (tertiary/aromatic N) is 3. The highest BCUT2D eigenvalue weighted by Crippen LogP contribution is 2.26. The van der Waals surface area contributed by atoms with Crippen molar-refractivity contribution in [1.29, 1.82) is 0 Å². The van der Waals surface area contributed by atoms with Gasteiger partial charge in [-0.2, -0.15) is 0 Å². The first-order valence-electron chi connectivity index (χ1n) is 9.14. The van der Waals surface area contributed by atoms with Crippen LogP contribution in [-0.4, -0.2) is 41.6 Å². The SMILES string of the molecule is CNc1nc2ccc(OCC3CCN(Cc4ccccc4)CC3)nc2s1. The molecule has 6 heteroatoms. The summed E-state index contributed by atoms with van der Waals surface area (Å²) in [7, 11) is 1.87. The van der Waals surface area contributed by atoms with Gasteiger partial charge < -0.3 is 10.1 Å².